The predicted octanol–water partition coefficient (Wildman–Crippen LogP) is 6.49. The fraction of sp³-hybridized carbons (Fsp3) is 0.667. The molecule has 1 aromatic carbocycles. The number of benzene rings is 1. The van der Waals surface area contributed by atoms with Crippen LogP contribution >= 0.6 is 15.9 Å². The van der Waals surface area contributed by atoms with Crippen molar-refractivity contribution in [1.82, 2.24) is 0 Å². The minimum atomic E-state index is -0.118. The standard InChI is InChI=1S/C18H26BrF/c1-12(2)11-18(7-5-6-8-18)17(19)16-13(3)9-15(20)10-14(16)4/h9-10,12,17H,5-8,11H2,1-4H3. The van der Waals surface area contributed by atoms with Crippen LogP contribution in [0, 0.1) is 31.0 Å². The third-order valence-electron chi connectivity index (χ3n) is 4.76. The molecule has 1 unspecified atom stereocenters. The summed E-state index contributed by atoms with van der Waals surface area (Å²) >= 11 is 4.00. The summed E-state index contributed by atoms with van der Waals surface area (Å²) in [5.41, 5.74) is 3.83. The molecule has 0 aliphatic heterocycles. The van der Waals surface area contributed by atoms with Crippen molar-refractivity contribution in [3.63, 3.8) is 0 Å². The molecule has 20 heavy (non-hydrogen) atoms. The molecule has 1 fully saturated rings. The summed E-state index contributed by atoms with van der Waals surface area (Å²) in [5.74, 6) is 0.585. The maximum absolute atomic E-state index is 13.5. The summed E-state index contributed by atoms with van der Waals surface area (Å²) in [7, 11) is 0. The molecule has 0 saturated heterocycles. The molecule has 1 saturated carbocycles. The van der Waals surface area contributed by atoms with Crippen molar-refractivity contribution in [1.29, 1.82) is 0 Å². The van der Waals surface area contributed by atoms with Crippen LogP contribution in [0.2, 0.25) is 0 Å². The topological polar surface area (TPSA) is 0 Å². The molecule has 0 radical (unpaired) electrons. The van der Waals surface area contributed by atoms with E-state index in [2.05, 4.69) is 29.8 Å². The Morgan fingerprint density at radius 1 is 1.15 bits per heavy atom. The Labute approximate surface area is 131 Å². The maximum atomic E-state index is 13.5. The highest BCUT2D eigenvalue weighted by molar-refractivity contribution is 9.09. The lowest BCUT2D eigenvalue weighted by molar-refractivity contribution is 0.229. The summed E-state index contributed by atoms with van der Waals surface area (Å²) in [4.78, 5) is 0.348. The van der Waals surface area contributed by atoms with Crippen molar-refractivity contribution >= 4 is 15.9 Å². The molecule has 2 heteroatoms. The van der Waals surface area contributed by atoms with E-state index in [0.29, 0.717) is 16.2 Å². The van der Waals surface area contributed by atoms with Gasteiger partial charge in [-0.15, -0.1) is 0 Å². The largest absolute Gasteiger partial charge is 0.207 e. The monoisotopic (exact) mass is 340 g/mol. The van der Waals surface area contributed by atoms with Crippen LogP contribution in [-0.4, -0.2) is 0 Å². The van der Waals surface area contributed by atoms with E-state index in [9.17, 15) is 4.39 Å². The Kier molecular flexibility index (Phi) is 4.94. The van der Waals surface area contributed by atoms with Crippen LogP contribution in [0.15, 0.2) is 12.1 Å². The Balaban J connectivity index is 2.40. The predicted molar refractivity (Wildman–Crippen MR) is 87.9 cm³/mol. The van der Waals surface area contributed by atoms with E-state index in [1.807, 2.05) is 13.8 Å². The van der Waals surface area contributed by atoms with Gasteiger partial charge in [-0.2, -0.15) is 0 Å². The minimum absolute atomic E-state index is 0.118. The summed E-state index contributed by atoms with van der Waals surface area (Å²) in [6.45, 7) is 8.70. The summed E-state index contributed by atoms with van der Waals surface area (Å²) in [5, 5.41) is 0. The van der Waals surface area contributed by atoms with Crippen molar-refractivity contribution in [3.05, 3.63) is 34.6 Å². The van der Waals surface area contributed by atoms with Crippen molar-refractivity contribution < 1.29 is 4.39 Å². The lowest BCUT2D eigenvalue weighted by atomic mass is 9.72. The molecule has 0 nitrogen and oxygen atoms in total. The van der Waals surface area contributed by atoms with Gasteiger partial charge in [-0.3, -0.25) is 0 Å². The Bertz CT molecular complexity index is 449. The zero-order chi connectivity index (χ0) is 14.9. The highest BCUT2D eigenvalue weighted by Crippen LogP contribution is 2.56. The van der Waals surface area contributed by atoms with Crippen molar-refractivity contribution in [2.75, 3.05) is 0 Å². The van der Waals surface area contributed by atoms with Gasteiger partial charge in [0.1, 0.15) is 5.82 Å². The van der Waals surface area contributed by atoms with Gasteiger partial charge in [-0.05, 0) is 73.3 Å². The number of rotatable bonds is 4. The number of halogens is 2. The molecule has 2 rings (SSSR count). The molecular formula is C18H26BrF. The second-order valence-corrected chi connectivity index (χ2v) is 7.90. The minimum Gasteiger partial charge on any atom is -0.207 e. The number of aryl methyl sites for hydroxylation is 2. The average molecular weight is 341 g/mol. The van der Waals surface area contributed by atoms with Crippen LogP contribution in [0.5, 0.6) is 0 Å². The molecule has 0 aromatic heterocycles. The highest BCUT2D eigenvalue weighted by Gasteiger charge is 2.42. The van der Waals surface area contributed by atoms with Crippen LogP contribution in [0.1, 0.15) is 67.5 Å². The quantitative estimate of drug-likeness (QED) is 0.550. The fourth-order valence-electron chi connectivity index (χ4n) is 4.08. The van der Waals surface area contributed by atoms with E-state index in [4.69, 9.17) is 0 Å². The molecule has 1 aliphatic carbocycles. The summed E-state index contributed by atoms with van der Waals surface area (Å²) < 4.78 is 13.5. The highest BCUT2D eigenvalue weighted by atomic mass is 79.9. The summed E-state index contributed by atoms with van der Waals surface area (Å²) in [6.07, 6.45) is 6.48. The lowest BCUT2D eigenvalue weighted by Crippen LogP contribution is -2.25. The zero-order valence-electron chi connectivity index (χ0n) is 13.1. The van der Waals surface area contributed by atoms with E-state index in [1.54, 1.807) is 12.1 Å². The second-order valence-electron chi connectivity index (χ2n) is 6.98. The molecule has 0 N–H and O–H groups in total. The van der Waals surface area contributed by atoms with Crippen molar-refractivity contribution in [3.8, 4) is 0 Å². The molecule has 1 aliphatic rings. The first-order valence-electron chi connectivity index (χ1n) is 7.76. The van der Waals surface area contributed by atoms with Crippen LogP contribution in [0.3, 0.4) is 0 Å². The molecule has 1 aromatic rings. The first-order valence-corrected chi connectivity index (χ1v) is 8.68. The number of hydrogen-bond acceptors (Lipinski definition) is 0. The fourth-order valence-corrected chi connectivity index (χ4v) is 5.45. The maximum Gasteiger partial charge on any atom is 0.123 e. The van der Waals surface area contributed by atoms with Gasteiger partial charge >= 0.3 is 0 Å². The lowest BCUT2D eigenvalue weighted by Gasteiger charge is -2.37. The second kappa shape index (κ2) is 6.17. The van der Waals surface area contributed by atoms with Crippen molar-refractivity contribution in [2.24, 2.45) is 11.3 Å². The zero-order valence-corrected chi connectivity index (χ0v) is 14.7. The number of alkyl halides is 1. The van der Waals surface area contributed by atoms with Gasteiger partial charge in [0.25, 0.3) is 0 Å². The van der Waals surface area contributed by atoms with Gasteiger partial charge in [0, 0.05) is 4.83 Å². The van der Waals surface area contributed by atoms with Crippen LogP contribution in [0.4, 0.5) is 4.39 Å². The van der Waals surface area contributed by atoms with Crippen molar-refractivity contribution in [2.45, 2.75) is 64.6 Å². The van der Waals surface area contributed by atoms with E-state index >= 15 is 0 Å². The van der Waals surface area contributed by atoms with Gasteiger partial charge in [0.2, 0.25) is 0 Å². The first kappa shape index (κ1) is 16.0. The van der Waals surface area contributed by atoms with Crippen LogP contribution < -0.4 is 0 Å². The van der Waals surface area contributed by atoms with Gasteiger partial charge in [0.05, 0.1) is 0 Å². The third kappa shape index (κ3) is 3.10. The molecule has 0 bridgehead atoms. The van der Waals surface area contributed by atoms with E-state index in [-0.39, 0.29) is 5.82 Å². The van der Waals surface area contributed by atoms with Gasteiger partial charge in [-0.25, -0.2) is 4.39 Å². The molecule has 1 atom stereocenters. The first-order chi connectivity index (χ1) is 9.35. The van der Waals surface area contributed by atoms with Gasteiger partial charge < -0.3 is 0 Å². The smallest absolute Gasteiger partial charge is 0.123 e. The van der Waals surface area contributed by atoms with E-state index < -0.39 is 0 Å². The SMILES string of the molecule is Cc1cc(F)cc(C)c1C(Br)C1(CC(C)C)CCCC1. The third-order valence-corrected chi connectivity index (χ3v) is 6.19. The molecule has 112 valence electrons. The van der Waals surface area contributed by atoms with Gasteiger partial charge in [-0.1, -0.05) is 42.6 Å². The molecular weight excluding hydrogens is 315 g/mol. The molecule has 0 amide bonds. The van der Waals surface area contributed by atoms with Crippen LogP contribution in [-0.2, 0) is 0 Å². The normalized spacial score (nSPS) is 19.6. The average Bonchev–Trinajstić information content (AvgIpc) is 2.76. The summed E-state index contributed by atoms with van der Waals surface area (Å²) in [6, 6.07) is 3.35. The van der Waals surface area contributed by atoms with E-state index in [1.165, 1.54) is 37.7 Å². The van der Waals surface area contributed by atoms with Crippen LogP contribution in [0.25, 0.3) is 0 Å². The Morgan fingerprint density at radius 2 is 1.65 bits per heavy atom. The van der Waals surface area contributed by atoms with E-state index in [0.717, 1.165) is 11.1 Å². The molecule has 0 spiro atoms. The Hall–Kier alpha value is -0.370. The van der Waals surface area contributed by atoms with Gasteiger partial charge in [0.15, 0.2) is 0 Å². The Morgan fingerprint density at radius 3 is 2.10 bits per heavy atom. The molecule has 0 heterocycles. The number of hydrogen-bond donors (Lipinski definition) is 0.